The van der Waals surface area contributed by atoms with Crippen molar-refractivity contribution in [2.75, 3.05) is 6.54 Å². The quantitative estimate of drug-likeness (QED) is 0.697. The average Bonchev–Trinajstić information content (AvgIpc) is 2.48. The fourth-order valence-corrected chi connectivity index (χ4v) is 1.33. The Morgan fingerprint density at radius 1 is 1.64 bits per heavy atom. The molecule has 0 aromatic carbocycles. The van der Waals surface area contributed by atoms with Crippen molar-refractivity contribution in [1.29, 1.82) is 0 Å². The summed E-state index contributed by atoms with van der Waals surface area (Å²) in [4.78, 5) is 10.9. The molecule has 0 unspecified atom stereocenters. The third kappa shape index (κ3) is 2.45. The van der Waals surface area contributed by atoms with Gasteiger partial charge in [-0.1, -0.05) is 6.58 Å². The minimum Gasteiger partial charge on any atom is -0.352 e. The zero-order valence-electron chi connectivity index (χ0n) is 8.55. The lowest BCUT2D eigenvalue weighted by Gasteiger charge is -2.02. The molecule has 1 aromatic heterocycles. The Hall–Kier alpha value is -1.58. The van der Waals surface area contributed by atoms with Crippen molar-refractivity contribution in [2.45, 2.75) is 20.3 Å². The summed E-state index contributed by atoms with van der Waals surface area (Å²) < 4.78 is 0. The molecule has 0 saturated carbocycles. The second-order valence-electron chi connectivity index (χ2n) is 3.16. The van der Waals surface area contributed by atoms with Gasteiger partial charge in [-0.25, -0.2) is 0 Å². The number of aromatic amines is 1. The van der Waals surface area contributed by atoms with Gasteiger partial charge in [0.2, 0.25) is 5.91 Å². The Morgan fingerprint density at radius 3 is 2.86 bits per heavy atom. The van der Waals surface area contributed by atoms with Crippen LogP contribution in [0.5, 0.6) is 0 Å². The van der Waals surface area contributed by atoms with E-state index in [0.717, 1.165) is 17.8 Å². The first kappa shape index (κ1) is 10.5. The molecule has 2 N–H and O–H groups in total. The minimum absolute atomic E-state index is 0.135. The predicted molar refractivity (Wildman–Crippen MR) is 55.0 cm³/mol. The molecular weight excluding hydrogens is 178 g/mol. The number of carbonyl (C=O) groups excluding carboxylic acids is 1. The number of aryl methyl sites for hydroxylation is 2. The van der Waals surface area contributed by atoms with Gasteiger partial charge in [-0.15, -0.1) is 0 Å². The summed E-state index contributed by atoms with van der Waals surface area (Å²) in [6.45, 7) is 7.93. The van der Waals surface area contributed by atoms with Crippen LogP contribution in [0.25, 0.3) is 0 Å². The maximum absolute atomic E-state index is 10.9. The highest BCUT2D eigenvalue weighted by Gasteiger charge is 2.05. The first-order chi connectivity index (χ1) is 6.65. The Balaban J connectivity index is 2.46. The summed E-state index contributed by atoms with van der Waals surface area (Å²) in [6, 6.07) is 0. The van der Waals surface area contributed by atoms with Gasteiger partial charge in [0.1, 0.15) is 0 Å². The first-order valence-corrected chi connectivity index (χ1v) is 4.56. The standard InChI is InChI=1S/C10H15N3O/c1-4-10(14)11-6-5-9-7(2)12-13-8(9)3/h4H,1,5-6H2,2-3H3,(H,11,14)(H,12,13). The highest BCUT2D eigenvalue weighted by Crippen LogP contribution is 2.08. The van der Waals surface area contributed by atoms with E-state index in [-0.39, 0.29) is 5.91 Å². The van der Waals surface area contributed by atoms with E-state index in [0.29, 0.717) is 6.54 Å². The number of hydrogen-bond donors (Lipinski definition) is 2. The van der Waals surface area contributed by atoms with E-state index in [1.807, 2.05) is 13.8 Å². The Bertz CT molecular complexity index is 322. The average molecular weight is 193 g/mol. The van der Waals surface area contributed by atoms with Gasteiger partial charge in [-0.2, -0.15) is 5.10 Å². The molecule has 1 rings (SSSR count). The Kier molecular flexibility index (Phi) is 3.45. The number of nitrogens with one attached hydrogen (secondary N) is 2. The molecule has 0 fully saturated rings. The highest BCUT2D eigenvalue weighted by molar-refractivity contribution is 5.86. The van der Waals surface area contributed by atoms with E-state index in [2.05, 4.69) is 22.1 Å². The molecule has 4 heteroatoms. The van der Waals surface area contributed by atoms with Crippen LogP contribution in [0.1, 0.15) is 17.0 Å². The lowest BCUT2D eigenvalue weighted by molar-refractivity contribution is -0.116. The molecule has 0 aliphatic carbocycles. The number of hydrogen-bond acceptors (Lipinski definition) is 2. The van der Waals surface area contributed by atoms with Crippen molar-refractivity contribution >= 4 is 5.91 Å². The number of amides is 1. The molecule has 0 aliphatic heterocycles. The van der Waals surface area contributed by atoms with Crippen molar-refractivity contribution in [3.63, 3.8) is 0 Å². The third-order valence-corrected chi connectivity index (χ3v) is 2.14. The second-order valence-corrected chi connectivity index (χ2v) is 3.16. The maximum atomic E-state index is 10.9. The van der Waals surface area contributed by atoms with Gasteiger partial charge in [0, 0.05) is 12.2 Å². The number of nitrogens with zero attached hydrogens (tertiary/aromatic N) is 1. The van der Waals surface area contributed by atoms with E-state index in [1.165, 1.54) is 11.6 Å². The largest absolute Gasteiger partial charge is 0.352 e. The van der Waals surface area contributed by atoms with Gasteiger partial charge in [-0.05, 0) is 31.9 Å². The zero-order valence-corrected chi connectivity index (χ0v) is 8.55. The van der Waals surface area contributed by atoms with Gasteiger partial charge in [0.25, 0.3) is 0 Å². The predicted octanol–water partition coefficient (Wildman–Crippen LogP) is 0.871. The smallest absolute Gasteiger partial charge is 0.243 e. The number of rotatable bonds is 4. The monoisotopic (exact) mass is 193 g/mol. The van der Waals surface area contributed by atoms with Crippen LogP contribution in [0.15, 0.2) is 12.7 Å². The molecule has 0 atom stereocenters. The van der Waals surface area contributed by atoms with Crippen LogP contribution < -0.4 is 5.32 Å². The van der Waals surface area contributed by atoms with Gasteiger partial charge in [0.05, 0.1) is 5.69 Å². The molecule has 1 heterocycles. The van der Waals surface area contributed by atoms with Crippen LogP contribution >= 0.6 is 0 Å². The molecule has 14 heavy (non-hydrogen) atoms. The van der Waals surface area contributed by atoms with Gasteiger partial charge >= 0.3 is 0 Å². The van der Waals surface area contributed by atoms with E-state index in [9.17, 15) is 4.79 Å². The summed E-state index contributed by atoms with van der Waals surface area (Å²) in [5.41, 5.74) is 3.24. The molecule has 0 aliphatic rings. The molecule has 0 radical (unpaired) electrons. The molecule has 1 amide bonds. The van der Waals surface area contributed by atoms with Crippen LogP contribution in [0, 0.1) is 13.8 Å². The molecule has 0 saturated heterocycles. The number of H-pyrrole nitrogens is 1. The van der Waals surface area contributed by atoms with E-state index in [4.69, 9.17) is 0 Å². The summed E-state index contributed by atoms with van der Waals surface area (Å²) in [5, 5.41) is 9.71. The summed E-state index contributed by atoms with van der Waals surface area (Å²) in [6.07, 6.45) is 2.07. The van der Waals surface area contributed by atoms with Crippen molar-refractivity contribution in [1.82, 2.24) is 15.5 Å². The molecular formula is C10H15N3O. The van der Waals surface area contributed by atoms with Crippen molar-refractivity contribution in [3.8, 4) is 0 Å². The summed E-state index contributed by atoms with van der Waals surface area (Å²) in [5.74, 6) is -0.135. The fraction of sp³-hybridized carbons (Fsp3) is 0.400. The highest BCUT2D eigenvalue weighted by atomic mass is 16.1. The van der Waals surface area contributed by atoms with Crippen molar-refractivity contribution in [2.24, 2.45) is 0 Å². The summed E-state index contributed by atoms with van der Waals surface area (Å²) >= 11 is 0. The van der Waals surface area contributed by atoms with Gasteiger partial charge in [-0.3, -0.25) is 9.89 Å². The topological polar surface area (TPSA) is 57.8 Å². The van der Waals surface area contributed by atoms with Crippen LogP contribution in [0.3, 0.4) is 0 Å². The van der Waals surface area contributed by atoms with Gasteiger partial charge in [0.15, 0.2) is 0 Å². The third-order valence-electron chi connectivity index (χ3n) is 2.14. The summed E-state index contributed by atoms with van der Waals surface area (Å²) in [7, 11) is 0. The van der Waals surface area contributed by atoms with E-state index >= 15 is 0 Å². The molecule has 1 aromatic rings. The van der Waals surface area contributed by atoms with Crippen molar-refractivity contribution in [3.05, 3.63) is 29.6 Å². The van der Waals surface area contributed by atoms with Crippen molar-refractivity contribution < 1.29 is 4.79 Å². The zero-order chi connectivity index (χ0) is 10.6. The van der Waals surface area contributed by atoms with Crippen LogP contribution in [-0.4, -0.2) is 22.6 Å². The second kappa shape index (κ2) is 4.60. The lowest BCUT2D eigenvalue weighted by Crippen LogP contribution is -2.23. The first-order valence-electron chi connectivity index (χ1n) is 4.56. The van der Waals surface area contributed by atoms with Crippen LogP contribution in [0.2, 0.25) is 0 Å². The minimum atomic E-state index is -0.135. The van der Waals surface area contributed by atoms with Crippen LogP contribution in [0.4, 0.5) is 0 Å². The molecule has 0 bridgehead atoms. The molecule has 0 spiro atoms. The normalized spacial score (nSPS) is 9.86. The fourth-order valence-electron chi connectivity index (χ4n) is 1.33. The van der Waals surface area contributed by atoms with E-state index < -0.39 is 0 Å². The number of aromatic nitrogens is 2. The lowest BCUT2D eigenvalue weighted by atomic mass is 10.1. The van der Waals surface area contributed by atoms with Gasteiger partial charge < -0.3 is 5.32 Å². The molecule has 4 nitrogen and oxygen atoms in total. The number of carbonyl (C=O) groups is 1. The van der Waals surface area contributed by atoms with Crippen LogP contribution in [-0.2, 0) is 11.2 Å². The molecule has 76 valence electrons. The Labute approximate surface area is 83.4 Å². The Morgan fingerprint density at radius 2 is 2.36 bits per heavy atom. The SMILES string of the molecule is C=CC(=O)NCCc1c(C)n[nH]c1C. The van der Waals surface area contributed by atoms with E-state index in [1.54, 1.807) is 0 Å². The maximum Gasteiger partial charge on any atom is 0.243 e.